The monoisotopic (exact) mass is 264 g/mol. The minimum absolute atomic E-state index is 0.0314. The fourth-order valence-corrected chi connectivity index (χ4v) is 1.91. The Hall–Kier alpha value is -1.71. The molecule has 0 spiro atoms. The van der Waals surface area contributed by atoms with E-state index in [0.29, 0.717) is 6.54 Å². The lowest BCUT2D eigenvalue weighted by atomic mass is 10.1. The maximum absolute atomic E-state index is 11.8. The number of carbonyl (C=O) groups is 1. The molecule has 0 fully saturated rings. The summed E-state index contributed by atoms with van der Waals surface area (Å²) in [5.74, 6) is 0.855. The molecule has 1 aromatic rings. The second-order valence-corrected chi connectivity index (χ2v) is 4.62. The van der Waals surface area contributed by atoms with Crippen molar-refractivity contribution in [2.45, 2.75) is 39.7 Å². The lowest BCUT2D eigenvalue weighted by Gasteiger charge is -2.16. The van der Waals surface area contributed by atoms with Crippen molar-refractivity contribution >= 4 is 11.6 Å². The standard InChI is InChI=1S/C15H24N2O2/c1-5-12(6-2)17-15(18)10-16-14-8-7-13(19-4)9-11(14)3/h7-9,12,16H,5-6,10H2,1-4H3,(H,17,18). The highest BCUT2D eigenvalue weighted by Gasteiger charge is 2.08. The Morgan fingerprint density at radius 2 is 2.00 bits per heavy atom. The van der Waals surface area contributed by atoms with Crippen LogP contribution in [-0.4, -0.2) is 25.6 Å². The molecule has 4 heteroatoms. The maximum atomic E-state index is 11.8. The number of carbonyl (C=O) groups excluding carboxylic acids is 1. The number of aryl methyl sites for hydroxylation is 1. The average Bonchev–Trinajstić information content (AvgIpc) is 2.43. The Kier molecular flexibility index (Phi) is 6.19. The molecule has 0 saturated heterocycles. The highest BCUT2D eigenvalue weighted by atomic mass is 16.5. The molecule has 0 aliphatic heterocycles. The van der Waals surface area contributed by atoms with E-state index in [4.69, 9.17) is 4.74 Å². The van der Waals surface area contributed by atoms with Crippen molar-refractivity contribution in [3.8, 4) is 5.75 Å². The van der Waals surface area contributed by atoms with Gasteiger partial charge in [0.05, 0.1) is 13.7 Å². The number of amides is 1. The third-order valence-corrected chi connectivity index (χ3v) is 3.22. The van der Waals surface area contributed by atoms with E-state index in [-0.39, 0.29) is 11.9 Å². The topological polar surface area (TPSA) is 50.4 Å². The summed E-state index contributed by atoms with van der Waals surface area (Å²) in [6.45, 7) is 6.44. The molecular weight excluding hydrogens is 240 g/mol. The summed E-state index contributed by atoms with van der Waals surface area (Å²) < 4.78 is 5.15. The van der Waals surface area contributed by atoms with Gasteiger partial charge in [0.1, 0.15) is 5.75 Å². The first-order valence-corrected chi connectivity index (χ1v) is 6.78. The summed E-state index contributed by atoms with van der Waals surface area (Å²) in [6, 6.07) is 6.03. The molecule has 0 aliphatic rings. The number of anilines is 1. The van der Waals surface area contributed by atoms with Crippen LogP contribution in [0.4, 0.5) is 5.69 Å². The van der Waals surface area contributed by atoms with Gasteiger partial charge >= 0.3 is 0 Å². The zero-order chi connectivity index (χ0) is 14.3. The maximum Gasteiger partial charge on any atom is 0.239 e. The SMILES string of the molecule is CCC(CC)NC(=O)CNc1ccc(OC)cc1C. The van der Waals surface area contributed by atoms with E-state index < -0.39 is 0 Å². The highest BCUT2D eigenvalue weighted by Crippen LogP contribution is 2.20. The van der Waals surface area contributed by atoms with Crippen molar-refractivity contribution in [2.24, 2.45) is 0 Å². The minimum Gasteiger partial charge on any atom is -0.497 e. The number of hydrogen-bond donors (Lipinski definition) is 2. The van der Waals surface area contributed by atoms with Crippen LogP contribution < -0.4 is 15.4 Å². The van der Waals surface area contributed by atoms with Crippen molar-refractivity contribution in [1.82, 2.24) is 5.32 Å². The van der Waals surface area contributed by atoms with Crippen molar-refractivity contribution in [3.05, 3.63) is 23.8 Å². The third kappa shape index (κ3) is 4.81. The first-order chi connectivity index (χ1) is 9.10. The molecule has 2 N–H and O–H groups in total. The summed E-state index contributed by atoms with van der Waals surface area (Å²) in [5, 5.41) is 6.15. The molecule has 0 aromatic heterocycles. The van der Waals surface area contributed by atoms with E-state index in [1.807, 2.05) is 25.1 Å². The summed E-state index contributed by atoms with van der Waals surface area (Å²) in [7, 11) is 1.64. The van der Waals surface area contributed by atoms with E-state index in [9.17, 15) is 4.79 Å². The van der Waals surface area contributed by atoms with Crippen LogP contribution in [0.1, 0.15) is 32.3 Å². The molecule has 1 amide bonds. The van der Waals surface area contributed by atoms with Gasteiger partial charge in [-0.05, 0) is 43.5 Å². The van der Waals surface area contributed by atoms with Gasteiger partial charge in [0.2, 0.25) is 5.91 Å². The molecule has 4 nitrogen and oxygen atoms in total. The minimum atomic E-state index is 0.0314. The Labute approximate surface area is 115 Å². The van der Waals surface area contributed by atoms with Gasteiger partial charge in [0.15, 0.2) is 0 Å². The van der Waals surface area contributed by atoms with E-state index >= 15 is 0 Å². The number of rotatable bonds is 7. The van der Waals surface area contributed by atoms with Crippen LogP contribution in [-0.2, 0) is 4.79 Å². The van der Waals surface area contributed by atoms with Gasteiger partial charge in [0, 0.05) is 11.7 Å². The van der Waals surface area contributed by atoms with Crippen LogP contribution in [0, 0.1) is 6.92 Å². The largest absolute Gasteiger partial charge is 0.497 e. The molecule has 0 heterocycles. The molecule has 1 rings (SSSR count). The summed E-state index contributed by atoms with van der Waals surface area (Å²) in [6.07, 6.45) is 1.92. The Morgan fingerprint density at radius 1 is 1.32 bits per heavy atom. The summed E-state index contributed by atoms with van der Waals surface area (Å²) >= 11 is 0. The van der Waals surface area contributed by atoms with E-state index in [1.165, 1.54) is 0 Å². The van der Waals surface area contributed by atoms with Crippen molar-refractivity contribution in [2.75, 3.05) is 19.0 Å². The second kappa shape index (κ2) is 7.67. The predicted molar refractivity (Wildman–Crippen MR) is 78.7 cm³/mol. The first-order valence-electron chi connectivity index (χ1n) is 6.78. The van der Waals surface area contributed by atoms with E-state index in [2.05, 4.69) is 24.5 Å². The van der Waals surface area contributed by atoms with Gasteiger partial charge < -0.3 is 15.4 Å². The lowest BCUT2D eigenvalue weighted by molar-refractivity contribution is -0.120. The van der Waals surface area contributed by atoms with Gasteiger partial charge in [0.25, 0.3) is 0 Å². The van der Waals surface area contributed by atoms with Crippen LogP contribution in [0.2, 0.25) is 0 Å². The lowest BCUT2D eigenvalue weighted by Crippen LogP contribution is -2.37. The molecule has 106 valence electrons. The zero-order valence-corrected chi connectivity index (χ0v) is 12.2. The molecule has 1 aromatic carbocycles. The molecule has 0 bridgehead atoms. The third-order valence-electron chi connectivity index (χ3n) is 3.22. The van der Waals surface area contributed by atoms with Gasteiger partial charge in [-0.1, -0.05) is 13.8 Å². The second-order valence-electron chi connectivity index (χ2n) is 4.62. The number of methoxy groups -OCH3 is 1. The molecule has 19 heavy (non-hydrogen) atoms. The first kappa shape index (κ1) is 15.3. The smallest absolute Gasteiger partial charge is 0.239 e. The van der Waals surface area contributed by atoms with Crippen molar-refractivity contribution in [3.63, 3.8) is 0 Å². The van der Waals surface area contributed by atoms with Gasteiger partial charge in [-0.3, -0.25) is 4.79 Å². The van der Waals surface area contributed by atoms with Crippen LogP contribution in [0.5, 0.6) is 5.75 Å². The normalized spacial score (nSPS) is 10.4. The average molecular weight is 264 g/mol. The van der Waals surface area contributed by atoms with Crippen molar-refractivity contribution < 1.29 is 9.53 Å². The molecule has 0 atom stereocenters. The fraction of sp³-hybridized carbons (Fsp3) is 0.533. The van der Waals surface area contributed by atoms with Crippen LogP contribution in [0.25, 0.3) is 0 Å². The van der Waals surface area contributed by atoms with Gasteiger partial charge in [-0.25, -0.2) is 0 Å². The van der Waals surface area contributed by atoms with Crippen LogP contribution >= 0.6 is 0 Å². The summed E-state index contributed by atoms with van der Waals surface area (Å²) in [4.78, 5) is 11.8. The van der Waals surface area contributed by atoms with E-state index in [1.54, 1.807) is 7.11 Å². The number of benzene rings is 1. The van der Waals surface area contributed by atoms with E-state index in [0.717, 1.165) is 29.8 Å². The van der Waals surface area contributed by atoms with Crippen molar-refractivity contribution in [1.29, 1.82) is 0 Å². The fourth-order valence-electron chi connectivity index (χ4n) is 1.91. The summed E-state index contributed by atoms with van der Waals surface area (Å²) in [5.41, 5.74) is 2.02. The zero-order valence-electron chi connectivity index (χ0n) is 12.2. The predicted octanol–water partition coefficient (Wildman–Crippen LogP) is 2.72. The number of nitrogens with one attached hydrogen (secondary N) is 2. The Balaban J connectivity index is 2.50. The molecule has 0 radical (unpaired) electrons. The Morgan fingerprint density at radius 3 is 2.53 bits per heavy atom. The quantitative estimate of drug-likeness (QED) is 0.796. The number of hydrogen-bond acceptors (Lipinski definition) is 3. The van der Waals surface area contributed by atoms with Gasteiger partial charge in [-0.15, -0.1) is 0 Å². The Bertz CT molecular complexity index is 415. The van der Waals surface area contributed by atoms with Crippen LogP contribution in [0.15, 0.2) is 18.2 Å². The van der Waals surface area contributed by atoms with Crippen LogP contribution in [0.3, 0.4) is 0 Å². The number of ether oxygens (including phenoxy) is 1. The molecule has 0 unspecified atom stereocenters. The highest BCUT2D eigenvalue weighted by molar-refractivity contribution is 5.81. The molecular formula is C15H24N2O2. The van der Waals surface area contributed by atoms with Gasteiger partial charge in [-0.2, -0.15) is 0 Å². The molecule has 0 saturated carbocycles. The molecule has 0 aliphatic carbocycles.